The third kappa shape index (κ3) is 4.91. The summed E-state index contributed by atoms with van der Waals surface area (Å²) in [5.41, 5.74) is 4.12. The monoisotopic (exact) mass is 524 g/mol. The Morgan fingerprint density at radius 2 is 1.86 bits per heavy atom. The number of halogens is 1. The largest absolute Gasteiger partial charge is 0.332 e. The number of benzene rings is 2. The molecule has 4 aromatic rings. The number of fused-ring (bicyclic) bond motifs is 1. The summed E-state index contributed by atoms with van der Waals surface area (Å²) in [5, 5.41) is 3.66. The summed E-state index contributed by atoms with van der Waals surface area (Å²) >= 11 is 6.59. The fraction of sp³-hybridized carbons (Fsp3) is 0.192. The number of aromatic nitrogens is 2. The van der Waals surface area contributed by atoms with E-state index in [1.165, 1.54) is 4.31 Å². The summed E-state index contributed by atoms with van der Waals surface area (Å²) in [5.74, 6) is 0.212. The highest BCUT2D eigenvalue weighted by molar-refractivity contribution is 8.16. The molecule has 1 atom stereocenters. The number of hydrogen-bond donors (Lipinski definition) is 1. The molecule has 5 rings (SSSR count). The topological polar surface area (TPSA) is 75.2 Å². The Hall–Kier alpha value is -2.94. The van der Waals surface area contributed by atoms with Crippen molar-refractivity contribution in [3.8, 4) is 11.3 Å². The van der Waals surface area contributed by atoms with E-state index in [0.29, 0.717) is 11.6 Å². The fourth-order valence-electron chi connectivity index (χ4n) is 4.21. The first-order chi connectivity index (χ1) is 17.0. The van der Waals surface area contributed by atoms with Crippen molar-refractivity contribution in [3.63, 3.8) is 0 Å². The second-order valence-electron chi connectivity index (χ2n) is 8.19. The van der Waals surface area contributed by atoms with Crippen molar-refractivity contribution in [2.45, 2.75) is 24.7 Å². The van der Waals surface area contributed by atoms with E-state index in [9.17, 15) is 8.42 Å². The summed E-state index contributed by atoms with van der Waals surface area (Å²) in [6.45, 7) is 2.55. The van der Waals surface area contributed by atoms with Crippen LogP contribution < -0.4 is 9.03 Å². The van der Waals surface area contributed by atoms with Crippen molar-refractivity contribution in [1.29, 1.82) is 0 Å². The minimum atomic E-state index is -3.23. The van der Waals surface area contributed by atoms with Gasteiger partial charge in [0, 0.05) is 40.5 Å². The molecule has 2 aromatic heterocycles. The zero-order chi connectivity index (χ0) is 24.4. The lowest BCUT2D eigenvalue weighted by Gasteiger charge is -2.28. The van der Waals surface area contributed by atoms with Crippen LogP contribution in [-0.4, -0.2) is 36.1 Å². The maximum atomic E-state index is 12.4. The van der Waals surface area contributed by atoms with E-state index >= 15 is 0 Å². The Kier molecular flexibility index (Phi) is 6.77. The Bertz CT molecular complexity index is 1520. The molecule has 9 heteroatoms. The summed E-state index contributed by atoms with van der Waals surface area (Å²) in [6, 6.07) is 19.4. The SMILES string of the molecule is C/C=S(/Nc1ccc(Cl)c(-c2nccc3ncccc23)c1)c1ccc(N2CCCCS2(=O)=O)cc1. The van der Waals surface area contributed by atoms with Gasteiger partial charge in [0.1, 0.15) is 0 Å². The predicted molar refractivity (Wildman–Crippen MR) is 148 cm³/mol. The van der Waals surface area contributed by atoms with Crippen LogP contribution in [0.5, 0.6) is 0 Å². The minimum Gasteiger partial charge on any atom is -0.332 e. The zero-order valence-corrected chi connectivity index (χ0v) is 21.6. The molecule has 6 nitrogen and oxygen atoms in total. The van der Waals surface area contributed by atoms with E-state index in [0.717, 1.165) is 51.3 Å². The Morgan fingerprint density at radius 3 is 2.63 bits per heavy atom. The molecule has 35 heavy (non-hydrogen) atoms. The molecule has 0 spiro atoms. The maximum Gasteiger partial charge on any atom is 0.235 e. The number of pyridine rings is 2. The third-order valence-electron chi connectivity index (χ3n) is 5.94. The number of nitrogens with one attached hydrogen (secondary N) is 1. The van der Waals surface area contributed by atoms with Crippen molar-refractivity contribution >= 4 is 59.9 Å². The normalized spacial score (nSPS) is 16.3. The molecular formula is C26H25ClN4O2S2. The molecule has 1 unspecified atom stereocenters. The Balaban J connectivity index is 1.43. The molecule has 1 aliphatic rings. The van der Waals surface area contributed by atoms with Gasteiger partial charge in [-0.2, -0.15) is 0 Å². The number of sulfonamides is 1. The smallest absolute Gasteiger partial charge is 0.235 e. The van der Waals surface area contributed by atoms with Gasteiger partial charge in [0.25, 0.3) is 0 Å². The first-order valence-electron chi connectivity index (χ1n) is 11.4. The first kappa shape index (κ1) is 23.8. The highest BCUT2D eigenvalue weighted by Gasteiger charge is 2.25. The molecule has 0 amide bonds. The zero-order valence-electron chi connectivity index (χ0n) is 19.2. The average Bonchev–Trinajstić information content (AvgIpc) is 2.88. The molecule has 0 aliphatic carbocycles. The van der Waals surface area contributed by atoms with Gasteiger partial charge in [-0.1, -0.05) is 22.3 Å². The summed E-state index contributed by atoms with van der Waals surface area (Å²) in [7, 11) is -3.62. The molecule has 2 aromatic carbocycles. The van der Waals surface area contributed by atoms with Crippen LogP contribution in [0.15, 0.2) is 78.0 Å². The van der Waals surface area contributed by atoms with Crippen LogP contribution in [0.3, 0.4) is 0 Å². The van der Waals surface area contributed by atoms with Crippen LogP contribution in [0.2, 0.25) is 5.02 Å². The van der Waals surface area contributed by atoms with Crippen LogP contribution in [0.4, 0.5) is 11.4 Å². The second kappa shape index (κ2) is 9.97. The van der Waals surface area contributed by atoms with Crippen molar-refractivity contribution in [3.05, 3.63) is 78.1 Å². The first-order valence-corrected chi connectivity index (χ1v) is 14.6. The maximum absolute atomic E-state index is 12.4. The van der Waals surface area contributed by atoms with Crippen LogP contribution >= 0.6 is 22.3 Å². The Labute approximate surface area is 213 Å². The third-order valence-corrected chi connectivity index (χ3v) is 9.85. The molecule has 3 heterocycles. The summed E-state index contributed by atoms with van der Waals surface area (Å²) in [4.78, 5) is 10.1. The molecule has 0 bridgehead atoms. The van der Waals surface area contributed by atoms with Crippen molar-refractivity contribution in [1.82, 2.24) is 9.97 Å². The van der Waals surface area contributed by atoms with Gasteiger partial charge in [-0.3, -0.25) is 14.3 Å². The lowest BCUT2D eigenvalue weighted by atomic mass is 10.1. The van der Waals surface area contributed by atoms with Gasteiger partial charge in [0.15, 0.2) is 0 Å². The van der Waals surface area contributed by atoms with Gasteiger partial charge in [-0.25, -0.2) is 8.42 Å². The van der Waals surface area contributed by atoms with Crippen LogP contribution in [-0.2, 0) is 10.0 Å². The average molecular weight is 525 g/mol. The number of anilines is 2. The molecule has 0 radical (unpaired) electrons. The van der Waals surface area contributed by atoms with E-state index in [2.05, 4.69) is 20.1 Å². The van der Waals surface area contributed by atoms with E-state index < -0.39 is 20.7 Å². The number of hydrogen-bond acceptors (Lipinski definition) is 5. The molecule has 1 N–H and O–H groups in total. The van der Waals surface area contributed by atoms with E-state index in [-0.39, 0.29) is 5.75 Å². The lowest BCUT2D eigenvalue weighted by molar-refractivity contribution is 0.574. The van der Waals surface area contributed by atoms with Crippen LogP contribution in [0, 0.1) is 0 Å². The van der Waals surface area contributed by atoms with Gasteiger partial charge >= 0.3 is 0 Å². The molecule has 0 saturated carbocycles. The van der Waals surface area contributed by atoms with E-state index in [4.69, 9.17) is 11.6 Å². The van der Waals surface area contributed by atoms with Gasteiger partial charge < -0.3 is 4.72 Å². The minimum absolute atomic E-state index is 0.212. The molecular weight excluding hydrogens is 500 g/mol. The fourth-order valence-corrected chi connectivity index (χ4v) is 7.37. The highest BCUT2D eigenvalue weighted by Crippen LogP contribution is 2.36. The molecule has 180 valence electrons. The van der Waals surface area contributed by atoms with Crippen molar-refractivity contribution < 1.29 is 8.42 Å². The number of rotatable bonds is 5. The van der Waals surface area contributed by atoms with Crippen molar-refractivity contribution in [2.75, 3.05) is 21.3 Å². The van der Waals surface area contributed by atoms with Crippen molar-refractivity contribution in [2.24, 2.45) is 0 Å². The second-order valence-corrected chi connectivity index (χ2v) is 12.4. The molecule has 1 aliphatic heterocycles. The molecule has 1 fully saturated rings. The van der Waals surface area contributed by atoms with Gasteiger partial charge in [-0.15, -0.1) is 0 Å². The van der Waals surface area contributed by atoms with Gasteiger partial charge in [0.2, 0.25) is 10.0 Å². The standard InChI is InChI=1S/C26H25ClN4O2S2/c1-2-34(21-10-8-20(9-11-21)31-16-3-4-17-35(31,32)33)30-19-7-12-24(27)23(18-19)26-22-6-5-14-28-25(22)13-15-29-26/h2,5-15,18,30H,3-4,16-17H2,1H3. The van der Waals surface area contributed by atoms with Gasteiger partial charge in [0.05, 0.1) is 27.7 Å². The predicted octanol–water partition coefficient (Wildman–Crippen LogP) is 6.36. The summed E-state index contributed by atoms with van der Waals surface area (Å²) in [6.07, 6.45) is 5.12. The number of nitrogens with zero attached hydrogens (tertiary/aromatic N) is 3. The van der Waals surface area contributed by atoms with Crippen LogP contribution in [0.1, 0.15) is 19.8 Å². The molecule has 1 saturated heterocycles. The van der Waals surface area contributed by atoms with E-state index in [1.54, 1.807) is 12.4 Å². The Morgan fingerprint density at radius 1 is 1.03 bits per heavy atom. The van der Waals surface area contributed by atoms with E-state index in [1.807, 2.05) is 67.6 Å². The van der Waals surface area contributed by atoms with Gasteiger partial charge in [-0.05, 0) is 85.8 Å². The lowest BCUT2D eigenvalue weighted by Crippen LogP contribution is -2.37. The van der Waals surface area contributed by atoms with Crippen LogP contribution in [0.25, 0.3) is 22.2 Å². The highest BCUT2D eigenvalue weighted by atomic mass is 35.5. The summed E-state index contributed by atoms with van der Waals surface area (Å²) < 4.78 is 30.0. The quantitative estimate of drug-likeness (QED) is 0.307.